The number of nitrogens with one attached hydrogen (secondary N) is 2. The van der Waals surface area contributed by atoms with Gasteiger partial charge in [-0.05, 0) is 40.5 Å². The molecule has 0 radical (unpaired) electrons. The Morgan fingerprint density at radius 1 is 1.11 bits per heavy atom. The fraction of sp³-hybridized carbons (Fsp3) is 0.833. The van der Waals surface area contributed by atoms with Crippen LogP contribution >= 0.6 is 23.5 Å². The van der Waals surface area contributed by atoms with Crippen LogP contribution in [0.25, 0.3) is 0 Å². The van der Waals surface area contributed by atoms with Gasteiger partial charge in [0, 0.05) is 13.0 Å². The van der Waals surface area contributed by atoms with E-state index in [4.69, 9.17) is 0 Å². The van der Waals surface area contributed by atoms with Crippen molar-refractivity contribution in [1.29, 1.82) is 0 Å². The second-order valence-corrected chi connectivity index (χ2v) is 5.89. The van der Waals surface area contributed by atoms with Crippen molar-refractivity contribution in [3.63, 3.8) is 0 Å². The monoisotopic (exact) mass is 294 g/mol. The molecule has 0 saturated heterocycles. The number of hydrogen-bond donors (Lipinski definition) is 2. The van der Waals surface area contributed by atoms with Gasteiger partial charge in [-0.1, -0.05) is 0 Å². The van der Waals surface area contributed by atoms with Gasteiger partial charge in [-0.15, -0.1) is 11.8 Å². The number of carbonyl (C=O) groups is 2. The van der Waals surface area contributed by atoms with Crippen LogP contribution in [0.4, 0.5) is 0 Å². The van der Waals surface area contributed by atoms with Crippen molar-refractivity contribution in [3.05, 3.63) is 0 Å². The third kappa shape index (κ3) is 12.4. The quantitative estimate of drug-likeness (QED) is 0.660. The maximum absolute atomic E-state index is 10.7. The van der Waals surface area contributed by atoms with Crippen LogP contribution in [-0.4, -0.2) is 55.3 Å². The molecule has 108 valence electrons. The summed E-state index contributed by atoms with van der Waals surface area (Å²) < 4.78 is 0. The summed E-state index contributed by atoms with van der Waals surface area (Å²) in [6.45, 7) is 4.01. The lowest BCUT2D eigenvalue weighted by molar-refractivity contribution is -0.117. The molecule has 0 heterocycles. The van der Waals surface area contributed by atoms with Crippen molar-refractivity contribution >= 4 is 35.1 Å². The standard InChI is InChI=1S/2C6H13NOS/c1-5(8)6(9-3)4-7-2;1-5(8)4-6(7-2)9-3/h2*6-7H,4H2,1-3H3. The van der Waals surface area contributed by atoms with E-state index in [1.807, 2.05) is 26.6 Å². The van der Waals surface area contributed by atoms with Crippen LogP contribution in [0, 0.1) is 0 Å². The zero-order valence-electron chi connectivity index (χ0n) is 12.2. The molecule has 4 nitrogen and oxygen atoms in total. The van der Waals surface area contributed by atoms with E-state index in [2.05, 4.69) is 10.6 Å². The predicted octanol–water partition coefficient (Wildman–Crippen LogP) is 1.40. The number of ketones is 2. The first-order valence-electron chi connectivity index (χ1n) is 5.80. The maximum atomic E-state index is 10.7. The summed E-state index contributed by atoms with van der Waals surface area (Å²) in [5.74, 6) is 0.487. The summed E-state index contributed by atoms with van der Waals surface area (Å²) in [5, 5.41) is 6.41. The van der Waals surface area contributed by atoms with Gasteiger partial charge in [0.2, 0.25) is 0 Å². The lowest BCUT2D eigenvalue weighted by atomic mass is 10.3. The third-order valence-electron chi connectivity index (χ3n) is 2.21. The Morgan fingerprint density at radius 2 is 1.67 bits per heavy atom. The summed E-state index contributed by atoms with van der Waals surface area (Å²) >= 11 is 3.26. The molecule has 0 aromatic heterocycles. The molecule has 2 atom stereocenters. The summed E-state index contributed by atoms with van der Waals surface area (Å²) in [6.07, 6.45) is 4.56. The molecule has 0 amide bonds. The van der Waals surface area contributed by atoms with E-state index in [1.54, 1.807) is 37.4 Å². The number of hydrogen-bond acceptors (Lipinski definition) is 6. The molecule has 0 aliphatic rings. The zero-order valence-corrected chi connectivity index (χ0v) is 13.8. The molecule has 6 heteroatoms. The van der Waals surface area contributed by atoms with E-state index in [9.17, 15) is 9.59 Å². The van der Waals surface area contributed by atoms with Gasteiger partial charge in [0.1, 0.15) is 11.6 Å². The average Bonchev–Trinajstić information content (AvgIpc) is 2.33. The molecule has 0 aliphatic heterocycles. The summed E-state index contributed by atoms with van der Waals surface area (Å²) in [5.41, 5.74) is 0. The zero-order chi connectivity index (χ0) is 14.6. The van der Waals surface area contributed by atoms with Gasteiger partial charge in [-0.3, -0.25) is 9.59 Å². The van der Waals surface area contributed by atoms with E-state index >= 15 is 0 Å². The Morgan fingerprint density at radius 3 is 1.78 bits per heavy atom. The number of thioether (sulfide) groups is 2. The van der Waals surface area contributed by atoms with Crippen LogP contribution in [0.15, 0.2) is 0 Å². The fourth-order valence-electron chi connectivity index (χ4n) is 1.14. The van der Waals surface area contributed by atoms with Gasteiger partial charge in [0.15, 0.2) is 0 Å². The highest BCUT2D eigenvalue weighted by molar-refractivity contribution is 8.00. The minimum atomic E-state index is 0.134. The van der Waals surface area contributed by atoms with Crippen LogP contribution in [0.1, 0.15) is 20.3 Å². The van der Waals surface area contributed by atoms with Crippen LogP contribution in [0.3, 0.4) is 0 Å². The highest BCUT2D eigenvalue weighted by Gasteiger charge is 2.09. The Bertz CT molecular complexity index is 234. The molecule has 0 rings (SSSR count). The highest BCUT2D eigenvalue weighted by Crippen LogP contribution is 2.06. The summed E-state index contributed by atoms with van der Waals surface area (Å²) in [7, 11) is 3.72. The SMILES string of the molecule is CNC(CC(C)=O)SC.CNCC(SC)C(C)=O. The van der Waals surface area contributed by atoms with Crippen molar-refractivity contribution in [2.75, 3.05) is 33.2 Å². The summed E-state index contributed by atoms with van der Waals surface area (Å²) in [6, 6.07) is 0. The number of rotatable bonds is 8. The number of Topliss-reactive ketones (excluding diaryl/α,β-unsaturated/α-hetero) is 2. The van der Waals surface area contributed by atoms with E-state index in [0.29, 0.717) is 11.8 Å². The molecule has 0 aromatic carbocycles. The van der Waals surface area contributed by atoms with Crippen LogP contribution in [-0.2, 0) is 9.59 Å². The Labute approximate surface area is 119 Å². The minimum Gasteiger partial charge on any atom is -0.318 e. The van der Waals surface area contributed by atoms with Crippen molar-refractivity contribution in [3.8, 4) is 0 Å². The van der Waals surface area contributed by atoms with Gasteiger partial charge >= 0.3 is 0 Å². The first kappa shape index (κ1) is 20.3. The van der Waals surface area contributed by atoms with Crippen molar-refractivity contribution in [2.45, 2.75) is 30.9 Å². The lowest BCUT2D eigenvalue weighted by Crippen LogP contribution is -2.26. The smallest absolute Gasteiger partial charge is 0.144 e. The van der Waals surface area contributed by atoms with E-state index in [0.717, 1.165) is 6.54 Å². The van der Waals surface area contributed by atoms with Crippen LogP contribution in [0.5, 0.6) is 0 Å². The van der Waals surface area contributed by atoms with Crippen LogP contribution < -0.4 is 10.6 Å². The minimum absolute atomic E-state index is 0.134. The van der Waals surface area contributed by atoms with Gasteiger partial charge in [0.25, 0.3) is 0 Å². The second-order valence-electron chi connectivity index (χ2n) is 3.81. The predicted molar refractivity (Wildman–Crippen MR) is 83.6 cm³/mol. The van der Waals surface area contributed by atoms with Crippen molar-refractivity contribution < 1.29 is 9.59 Å². The molecule has 2 N–H and O–H groups in total. The highest BCUT2D eigenvalue weighted by atomic mass is 32.2. The lowest BCUT2D eigenvalue weighted by Gasteiger charge is -2.09. The van der Waals surface area contributed by atoms with E-state index in [-0.39, 0.29) is 16.8 Å². The fourth-order valence-corrected chi connectivity index (χ4v) is 2.45. The van der Waals surface area contributed by atoms with Crippen LogP contribution in [0.2, 0.25) is 0 Å². The molecule has 2 unspecified atom stereocenters. The summed E-state index contributed by atoms with van der Waals surface area (Å²) in [4.78, 5) is 21.2. The van der Waals surface area contributed by atoms with Gasteiger partial charge in [-0.25, -0.2) is 0 Å². The topological polar surface area (TPSA) is 58.2 Å². The molecule has 0 fully saturated rings. The van der Waals surface area contributed by atoms with E-state index < -0.39 is 0 Å². The average molecular weight is 294 g/mol. The first-order valence-corrected chi connectivity index (χ1v) is 8.37. The van der Waals surface area contributed by atoms with Gasteiger partial charge in [0.05, 0.1) is 10.6 Å². The molecule has 0 spiro atoms. The second kappa shape index (κ2) is 13.4. The van der Waals surface area contributed by atoms with Crippen molar-refractivity contribution in [1.82, 2.24) is 10.6 Å². The molecular formula is C12H26N2O2S2. The maximum Gasteiger partial charge on any atom is 0.144 e. The molecular weight excluding hydrogens is 268 g/mol. The van der Waals surface area contributed by atoms with Gasteiger partial charge < -0.3 is 10.6 Å². The van der Waals surface area contributed by atoms with E-state index in [1.165, 1.54) is 0 Å². The Balaban J connectivity index is 0. The van der Waals surface area contributed by atoms with Gasteiger partial charge in [-0.2, -0.15) is 11.8 Å². The number of carbonyl (C=O) groups excluding carboxylic acids is 2. The molecule has 0 bridgehead atoms. The largest absolute Gasteiger partial charge is 0.318 e. The Kier molecular flexibility index (Phi) is 15.1. The third-order valence-corrected chi connectivity index (χ3v) is 4.25. The van der Waals surface area contributed by atoms with Crippen molar-refractivity contribution in [2.24, 2.45) is 0 Å². The molecule has 0 aliphatic carbocycles. The first-order chi connectivity index (χ1) is 8.42. The molecule has 0 saturated carbocycles. The normalized spacial score (nSPS) is 13.2. The molecule has 0 aromatic rings. The Hall–Kier alpha value is -0.0400. The molecule has 18 heavy (non-hydrogen) atoms.